The van der Waals surface area contributed by atoms with Crippen molar-refractivity contribution < 1.29 is 8.42 Å². The third-order valence-corrected chi connectivity index (χ3v) is 9.67. The summed E-state index contributed by atoms with van der Waals surface area (Å²) in [7, 11) is -1.98. The SMILES string of the molecule is O=S1[C@@H]2C=C[C@@]1(Br)[C@H]1C=C(Br)[S@@](=O)[C@@H]21. The first kappa shape index (κ1) is 9.93. The second kappa shape index (κ2) is 2.90. The number of rotatable bonds is 0. The fourth-order valence-corrected chi connectivity index (χ4v) is 8.48. The molecule has 1 unspecified atom stereocenters. The first-order chi connectivity index (χ1) is 6.55. The van der Waals surface area contributed by atoms with E-state index in [2.05, 4.69) is 31.9 Å². The lowest BCUT2D eigenvalue weighted by atomic mass is 9.94. The lowest BCUT2D eigenvalue weighted by molar-refractivity contribution is 0.619. The van der Waals surface area contributed by atoms with Crippen LogP contribution < -0.4 is 0 Å². The van der Waals surface area contributed by atoms with Gasteiger partial charge in [0.15, 0.2) is 0 Å². The molecule has 2 bridgehead atoms. The molecule has 76 valence electrons. The Bertz CT molecular complexity index is 431. The van der Waals surface area contributed by atoms with Crippen molar-refractivity contribution in [2.24, 2.45) is 5.92 Å². The molecule has 1 saturated heterocycles. The van der Waals surface area contributed by atoms with Crippen molar-refractivity contribution in [2.45, 2.75) is 14.2 Å². The summed E-state index contributed by atoms with van der Waals surface area (Å²) in [5, 5.41) is -0.0545. The second-order valence-corrected chi connectivity index (χ2v) is 10.2. The van der Waals surface area contributed by atoms with Crippen molar-refractivity contribution in [1.29, 1.82) is 0 Å². The van der Waals surface area contributed by atoms with Crippen molar-refractivity contribution in [3.63, 3.8) is 0 Å². The maximum atomic E-state index is 12.0. The van der Waals surface area contributed by atoms with E-state index in [0.717, 1.165) is 3.81 Å². The van der Waals surface area contributed by atoms with Crippen LogP contribution in [0.2, 0.25) is 0 Å². The molecule has 0 amide bonds. The van der Waals surface area contributed by atoms with E-state index in [1.165, 1.54) is 0 Å². The Labute approximate surface area is 103 Å². The summed E-state index contributed by atoms with van der Waals surface area (Å²) in [6.45, 7) is 0. The van der Waals surface area contributed by atoms with E-state index in [4.69, 9.17) is 0 Å². The molecule has 6 heteroatoms. The van der Waals surface area contributed by atoms with E-state index in [0.29, 0.717) is 0 Å². The summed E-state index contributed by atoms with van der Waals surface area (Å²) in [4.78, 5) is 0. The van der Waals surface area contributed by atoms with Gasteiger partial charge in [-0.1, -0.05) is 34.2 Å². The number of hydrogen-bond donors (Lipinski definition) is 0. The predicted molar refractivity (Wildman–Crippen MR) is 65.2 cm³/mol. The zero-order valence-corrected chi connectivity index (χ0v) is 11.7. The minimum absolute atomic E-state index is 0.00502. The highest BCUT2D eigenvalue weighted by Gasteiger charge is 2.63. The Morgan fingerprint density at radius 1 is 1.43 bits per heavy atom. The fraction of sp³-hybridized carbons (Fsp3) is 0.500. The van der Waals surface area contributed by atoms with E-state index in [1.54, 1.807) is 0 Å². The topological polar surface area (TPSA) is 34.1 Å². The maximum Gasteiger partial charge on any atom is 0.127 e. The Kier molecular flexibility index (Phi) is 2.06. The summed E-state index contributed by atoms with van der Waals surface area (Å²) >= 11 is 6.83. The minimum Gasteiger partial charge on any atom is -0.257 e. The lowest BCUT2D eigenvalue weighted by Gasteiger charge is -2.21. The molecule has 6 atom stereocenters. The van der Waals surface area contributed by atoms with Crippen LogP contribution in [0.4, 0.5) is 0 Å². The average Bonchev–Trinajstić information content (AvgIpc) is 2.65. The van der Waals surface area contributed by atoms with E-state index < -0.39 is 25.3 Å². The normalized spacial score (nSPS) is 59.0. The molecule has 0 saturated carbocycles. The molecule has 2 nitrogen and oxygen atoms in total. The van der Waals surface area contributed by atoms with Crippen molar-refractivity contribution in [2.75, 3.05) is 0 Å². The van der Waals surface area contributed by atoms with Gasteiger partial charge in [-0.25, -0.2) is 0 Å². The van der Waals surface area contributed by atoms with Gasteiger partial charge in [0.25, 0.3) is 0 Å². The quantitative estimate of drug-likeness (QED) is 0.489. The summed E-state index contributed by atoms with van der Waals surface area (Å²) < 4.78 is 24.1. The summed E-state index contributed by atoms with van der Waals surface area (Å²) in [6.07, 6.45) is 5.83. The molecular weight excluding hydrogens is 352 g/mol. The summed E-state index contributed by atoms with van der Waals surface area (Å²) in [5.74, 6) is 0.105. The van der Waals surface area contributed by atoms with E-state index in [9.17, 15) is 8.42 Å². The first-order valence-corrected chi connectivity index (χ1v) is 8.14. The van der Waals surface area contributed by atoms with Gasteiger partial charge in [-0.05, 0) is 15.9 Å². The van der Waals surface area contributed by atoms with Crippen LogP contribution in [0.1, 0.15) is 0 Å². The van der Waals surface area contributed by atoms with Crippen molar-refractivity contribution >= 4 is 53.5 Å². The largest absolute Gasteiger partial charge is 0.257 e. The molecule has 0 aliphatic carbocycles. The number of allylic oxidation sites excluding steroid dienone is 1. The molecule has 1 fully saturated rings. The molecule has 0 aromatic rings. The molecule has 14 heavy (non-hydrogen) atoms. The zero-order chi connectivity index (χ0) is 10.1. The Balaban J connectivity index is 2.18. The third-order valence-electron chi connectivity index (χ3n) is 2.95. The highest BCUT2D eigenvalue weighted by molar-refractivity contribution is 9.13. The second-order valence-electron chi connectivity index (χ2n) is 3.58. The first-order valence-electron chi connectivity index (χ1n) is 4.12. The number of hydrogen-bond acceptors (Lipinski definition) is 2. The fourth-order valence-electron chi connectivity index (χ4n) is 2.28. The van der Waals surface area contributed by atoms with Crippen LogP contribution in [0.5, 0.6) is 0 Å². The lowest BCUT2D eigenvalue weighted by Crippen LogP contribution is -2.31. The van der Waals surface area contributed by atoms with Gasteiger partial charge in [-0.2, -0.15) is 0 Å². The van der Waals surface area contributed by atoms with Gasteiger partial charge >= 0.3 is 0 Å². The number of alkyl halides is 1. The Morgan fingerprint density at radius 2 is 2.14 bits per heavy atom. The number of fused-ring (bicyclic) bond motifs is 5. The van der Waals surface area contributed by atoms with Crippen LogP contribution in [-0.4, -0.2) is 22.6 Å². The van der Waals surface area contributed by atoms with Crippen LogP contribution in [0.15, 0.2) is 22.0 Å². The highest BCUT2D eigenvalue weighted by Crippen LogP contribution is 2.56. The van der Waals surface area contributed by atoms with Gasteiger partial charge in [-0.15, -0.1) is 0 Å². The highest BCUT2D eigenvalue weighted by atomic mass is 79.9. The van der Waals surface area contributed by atoms with Gasteiger partial charge in [0, 0.05) is 5.92 Å². The maximum absolute atomic E-state index is 12.0. The Hall–Kier alpha value is 0.740. The van der Waals surface area contributed by atoms with Gasteiger partial charge in [0.05, 0.1) is 35.9 Å². The Morgan fingerprint density at radius 3 is 2.79 bits per heavy atom. The third kappa shape index (κ3) is 0.961. The smallest absolute Gasteiger partial charge is 0.127 e. The molecule has 3 aliphatic heterocycles. The van der Waals surface area contributed by atoms with Gasteiger partial charge in [-0.3, -0.25) is 8.42 Å². The van der Waals surface area contributed by atoms with Crippen LogP contribution in [-0.2, 0) is 21.6 Å². The molecule has 3 aliphatic rings. The number of halogens is 2. The van der Waals surface area contributed by atoms with Crippen LogP contribution >= 0.6 is 31.9 Å². The van der Waals surface area contributed by atoms with Crippen LogP contribution in [0, 0.1) is 5.92 Å². The molecule has 0 N–H and O–H groups in total. The zero-order valence-electron chi connectivity index (χ0n) is 6.85. The molecule has 0 spiro atoms. The molecule has 3 rings (SSSR count). The van der Waals surface area contributed by atoms with Crippen LogP contribution in [0.3, 0.4) is 0 Å². The van der Waals surface area contributed by atoms with Crippen molar-refractivity contribution in [3.05, 3.63) is 22.0 Å². The summed E-state index contributed by atoms with van der Waals surface area (Å²) in [5.41, 5.74) is 0. The van der Waals surface area contributed by atoms with E-state index in [1.807, 2.05) is 18.2 Å². The molecular formula is C8H6Br2O2S2. The summed E-state index contributed by atoms with van der Waals surface area (Å²) in [6, 6.07) is 0. The van der Waals surface area contributed by atoms with E-state index in [-0.39, 0.29) is 16.4 Å². The molecule has 0 aromatic heterocycles. The standard InChI is InChI=1S/C8H6Br2O2S2/c9-6-3-4-7(13(6)11)5-1-2-8(4,10)14(5)12/h1-5,7H/t4-,5+,7+,8-,13+,14?/m0/s1. The molecule has 3 heterocycles. The van der Waals surface area contributed by atoms with Crippen molar-refractivity contribution in [1.82, 2.24) is 0 Å². The van der Waals surface area contributed by atoms with Gasteiger partial charge in [0.2, 0.25) is 0 Å². The monoisotopic (exact) mass is 356 g/mol. The molecule has 0 aromatic carbocycles. The predicted octanol–water partition coefficient (Wildman–Crippen LogP) is 1.76. The van der Waals surface area contributed by atoms with Crippen LogP contribution in [0.25, 0.3) is 0 Å². The minimum atomic E-state index is -1.02. The van der Waals surface area contributed by atoms with E-state index >= 15 is 0 Å². The van der Waals surface area contributed by atoms with Crippen molar-refractivity contribution in [3.8, 4) is 0 Å². The molecule has 0 radical (unpaired) electrons. The average molecular weight is 358 g/mol. The van der Waals surface area contributed by atoms with Gasteiger partial charge in [0.1, 0.15) is 3.66 Å². The van der Waals surface area contributed by atoms with Gasteiger partial charge < -0.3 is 0 Å².